The largest absolute Gasteiger partial charge is 0.229 e. The van der Waals surface area contributed by atoms with Gasteiger partial charge in [-0.15, -0.1) is 0 Å². The van der Waals surface area contributed by atoms with Crippen LogP contribution in [0.4, 0.5) is 0 Å². The van der Waals surface area contributed by atoms with Crippen molar-refractivity contribution < 1.29 is 19.6 Å². The van der Waals surface area contributed by atoms with Crippen molar-refractivity contribution >= 4 is 0 Å². The van der Waals surface area contributed by atoms with Crippen molar-refractivity contribution in [3.8, 4) is 11.8 Å². The third-order valence-corrected chi connectivity index (χ3v) is 3.53. The highest BCUT2D eigenvalue weighted by atomic mass is 17.2. The molecule has 0 saturated carbocycles. The van der Waals surface area contributed by atoms with Gasteiger partial charge in [0.25, 0.3) is 0 Å². The summed E-state index contributed by atoms with van der Waals surface area (Å²) in [5, 5.41) is 0. The molecule has 0 heterocycles. The second-order valence-corrected chi connectivity index (χ2v) is 7.18. The van der Waals surface area contributed by atoms with Gasteiger partial charge >= 0.3 is 0 Å². The zero-order valence-electron chi connectivity index (χ0n) is 15.8. The van der Waals surface area contributed by atoms with Crippen LogP contribution in [0.3, 0.4) is 0 Å². The lowest BCUT2D eigenvalue weighted by molar-refractivity contribution is -0.373. The second-order valence-electron chi connectivity index (χ2n) is 7.18. The molecule has 4 heteroatoms. The summed E-state index contributed by atoms with van der Waals surface area (Å²) >= 11 is 0. The highest BCUT2D eigenvalue weighted by Crippen LogP contribution is 2.18. The minimum absolute atomic E-state index is 0.223. The van der Waals surface area contributed by atoms with Gasteiger partial charge in [0.15, 0.2) is 12.2 Å². The van der Waals surface area contributed by atoms with Gasteiger partial charge in [-0.1, -0.05) is 39.5 Å². The number of hydrogen-bond donors (Lipinski definition) is 0. The van der Waals surface area contributed by atoms with Gasteiger partial charge in [0.05, 0.1) is 11.2 Å². The van der Waals surface area contributed by atoms with Crippen molar-refractivity contribution in [1.82, 2.24) is 0 Å². The summed E-state index contributed by atoms with van der Waals surface area (Å²) in [6.07, 6.45) is 1.11. The van der Waals surface area contributed by atoms with Gasteiger partial charge in [-0.2, -0.15) is 0 Å². The molecule has 0 spiro atoms. The van der Waals surface area contributed by atoms with Gasteiger partial charge in [0.2, 0.25) is 0 Å². The van der Waals surface area contributed by atoms with E-state index in [4.69, 9.17) is 19.6 Å². The van der Waals surface area contributed by atoms with E-state index in [1.807, 2.05) is 48.5 Å². The molecule has 0 radical (unpaired) electrons. The SMILES string of the molecule is CCC(C)(C)OOC(C)C#CC(OOC(C)(C)CC)C(C)C. The average Bonchev–Trinajstić information content (AvgIpc) is 2.44. The maximum absolute atomic E-state index is 5.51. The second kappa shape index (κ2) is 9.52. The Kier molecular flexibility index (Phi) is 9.26. The topological polar surface area (TPSA) is 36.9 Å². The highest BCUT2D eigenvalue weighted by molar-refractivity contribution is 5.09. The minimum atomic E-state index is -0.324. The first kappa shape index (κ1) is 21.4. The Morgan fingerprint density at radius 3 is 1.64 bits per heavy atom. The Hall–Kier alpha value is -0.600. The lowest BCUT2D eigenvalue weighted by Crippen LogP contribution is -2.29. The van der Waals surface area contributed by atoms with E-state index in [1.165, 1.54) is 0 Å². The maximum atomic E-state index is 5.51. The van der Waals surface area contributed by atoms with Crippen LogP contribution in [0.15, 0.2) is 0 Å². The van der Waals surface area contributed by atoms with Crippen molar-refractivity contribution in [3.63, 3.8) is 0 Å². The quantitative estimate of drug-likeness (QED) is 0.352. The summed E-state index contributed by atoms with van der Waals surface area (Å²) < 4.78 is 0. The van der Waals surface area contributed by atoms with Gasteiger partial charge < -0.3 is 0 Å². The fourth-order valence-electron chi connectivity index (χ4n) is 1.03. The summed E-state index contributed by atoms with van der Waals surface area (Å²) in [7, 11) is 0. The first-order chi connectivity index (χ1) is 10.0. The van der Waals surface area contributed by atoms with E-state index < -0.39 is 0 Å². The van der Waals surface area contributed by atoms with Crippen LogP contribution in [0.5, 0.6) is 0 Å². The van der Waals surface area contributed by atoms with Crippen LogP contribution in [0.2, 0.25) is 0 Å². The molecule has 22 heavy (non-hydrogen) atoms. The smallest absolute Gasteiger partial charge is 0.155 e. The molecule has 2 unspecified atom stereocenters. The molecule has 0 fully saturated rings. The van der Waals surface area contributed by atoms with Gasteiger partial charge in [0, 0.05) is 0 Å². The van der Waals surface area contributed by atoms with E-state index in [-0.39, 0.29) is 29.3 Å². The van der Waals surface area contributed by atoms with Gasteiger partial charge in [-0.3, -0.25) is 0 Å². The van der Waals surface area contributed by atoms with Crippen molar-refractivity contribution in [2.75, 3.05) is 0 Å². The Balaban J connectivity index is 4.51. The van der Waals surface area contributed by atoms with Crippen molar-refractivity contribution in [2.45, 2.75) is 98.6 Å². The summed E-state index contributed by atoms with van der Waals surface area (Å²) in [5.41, 5.74) is -0.622. The highest BCUT2D eigenvalue weighted by Gasteiger charge is 2.21. The van der Waals surface area contributed by atoms with E-state index in [0.29, 0.717) is 0 Å². The first-order valence-electron chi connectivity index (χ1n) is 8.23. The molecule has 130 valence electrons. The molecule has 0 rings (SSSR count). The van der Waals surface area contributed by atoms with Crippen LogP contribution >= 0.6 is 0 Å². The molecular formula is C18H34O4. The molecule has 4 nitrogen and oxygen atoms in total. The summed E-state index contributed by atoms with van der Waals surface area (Å²) in [4.78, 5) is 21.7. The Morgan fingerprint density at radius 2 is 1.23 bits per heavy atom. The van der Waals surface area contributed by atoms with E-state index >= 15 is 0 Å². The lowest BCUT2D eigenvalue weighted by Gasteiger charge is -2.25. The van der Waals surface area contributed by atoms with Gasteiger partial charge in [-0.25, -0.2) is 19.6 Å². The third kappa shape index (κ3) is 9.42. The Labute approximate surface area is 136 Å². The van der Waals surface area contributed by atoms with Crippen molar-refractivity contribution in [1.29, 1.82) is 0 Å². The molecule has 2 atom stereocenters. The molecular weight excluding hydrogens is 280 g/mol. The van der Waals surface area contributed by atoms with Gasteiger partial charge in [0.1, 0.15) is 0 Å². The predicted octanol–water partition coefficient (Wildman–Crippen LogP) is 4.68. The Bertz CT molecular complexity index is 363. The minimum Gasteiger partial charge on any atom is -0.229 e. The standard InChI is InChI=1S/C18H34O4/c1-10-17(6,7)21-19-15(5)12-13-16(14(3)4)20-22-18(8,9)11-2/h14-16H,10-11H2,1-9H3. The number of hydrogen-bond acceptors (Lipinski definition) is 4. The van der Waals surface area contributed by atoms with Crippen LogP contribution in [-0.2, 0) is 19.6 Å². The van der Waals surface area contributed by atoms with Crippen molar-refractivity contribution in [3.05, 3.63) is 0 Å². The van der Waals surface area contributed by atoms with E-state index in [9.17, 15) is 0 Å². The molecule has 0 aromatic heterocycles. The third-order valence-electron chi connectivity index (χ3n) is 3.53. The molecule has 0 aromatic rings. The maximum Gasteiger partial charge on any atom is 0.155 e. The van der Waals surface area contributed by atoms with Crippen LogP contribution in [0.1, 0.15) is 75.2 Å². The predicted molar refractivity (Wildman–Crippen MR) is 88.9 cm³/mol. The summed E-state index contributed by atoms with van der Waals surface area (Å²) in [6.45, 7) is 18.0. The summed E-state index contributed by atoms with van der Waals surface area (Å²) in [5.74, 6) is 6.30. The fourth-order valence-corrected chi connectivity index (χ4v) is 1.03. The van der Waals surface area contributed by atoms with Gasteiger partial charge in [-0.05, 0) is 53.4 Å². The lowest BCUT2D eigenvalue weighted by atomic mass is 10.1. The molecule has 0 bridgehead atoms. The molecule has 0 amide bonds. The molecule has 0 aromatic carbocycles. The number of rotatable bonds is 9. The monoisotopic (exact) mass is 314 g/mol. The molecule has 0 aliphatic rings. The fraction of sp³-hybridized carbons (Fsp3) is 0.889. The van der Waals surface area contributed by atoms with Crippen LogP contribution in [-0.4, -0.2) is 23.4 Å². The zero-order valence-corrected chi connectivity index (χ0v) is 15.8. The molecule has 0 saturated heterocycles. The van der Waals surface area contributed by atoms with E-state index in [1.54, 1.807) is 0 Å². The van der Waals surface area contributed by atoms with Crippen molar-refractivity contribution in [2.24, 2.45) is 5.92 Å². The van der Waals surface area contributed by atoms with E-state index in [2.05, 4.69) is 25.7 Å². The van der Waals surface area contributed by atoms with Crippen LogP contribution < -0.4 is 0 Å². The Morgan fingerprint density at radius 1 is 0.773 bits per heavy atom. The van der Waals surface area contributed by atoms with Crippen LogP contribution in [0, 0.1) is 17.8 Å². The first-order valence-corrected chi connectivity index (χ1v) is 8.23. The van der Waals surface area contributed by atoms with Crippen LogP contribution in [0.25, 0.3) is 0 Å². The van der Waals surface area contributed by atoms with E-state index in [0.717, 1.165) is 12.8 Å². The molecule has 0 aliphatic carbocycles. The normalized spacial score (nSPS) is 15.4. The average molecular weight is 314 g/mol. The molecule has 0 aliphatic heterocycles. The summed E-state index contributed by atoms with van der Waals surface area (Å²) in [6, 6.07) is 0. The zero-order chi connectivity index (χ0) is 17.4. The molecule has 0 N–H and O–H groups in total.